The van der Waals surface area contributed by atoms with Crippen LogP contribution in [0.15, 0.2) is 0 Å². The Balaban J connectivity index is 2.27. The molecule has 0 spiro atoms. The minimum absolute atomic E-state index is 0.287. The van der Waals surface area contributed by atoms with E-state index in [4.69, 9.17) is 5.11 Å². The predicted molar refractivity (Wildman–Crippen MR) is 59.7 cm³/mol. The number of aliphatic hydroxyl groups is 1. The second kappa shape index (κ2) is 5.84. The largest absolute Gasteiger partial charge is 0.393 e. The number of amides is 2. The average molecular weight is 228 g/mol. The molecule has 1 aliphatic rings. The van der Waals surface area contributed by atoms with Crippen LogP contribution in [0, 0.1) is 0 Å². The summed E-state index contributed by atoms with van der Waals surface area (Å²) in [6.07, 6.45) is 2.18. The van der Waals surface area contributed by atoms with Crippen molar-refractivity contribution in [1.82, 2.24) is 9.80 Å². The summed E-state index contributed by atoms with van der Waals surface area (Å²) in [6, 6.07) is 0. The monoisotopic (exact) mass is 228 g/mol. The number of hydrogen-bond donors (Lipinski definition) is 1. The van der Waals surface area contributed by atoms with Crippen LogP contribution in [0.1, 0.15) is 26.2 Å². The Morgan fingerprint density at radius 3 is 2.56 bits per heavy atom. The van der Waals surface area contributed by atoms with Crippen LogP contribution in [0.5, 0.6) is 0 Å². The molecule has 1 fully saturated rings. The van der Waals surface area contributed by atoms with Crippen molar-refractivity contribution >= 4 is 11.8 Å². The molecule has 92 valence electrons. The number of carbonyl (C=O) groups is 2. The van der Waals surface area contributed by atoms with Gasteiger partial charge < -0.3 is 14.9 Å². The molecule has 0 aliphatic carbocycles. The molecule has 1 rings (SSSR count). The number of likely N-dealkylation sites (N-methyl/N-ethyl adjacent to an activating group) is 1. The van der Waals surface area contributed by atoms with E-state index in [1.807, 2.05) is 0 Å². The Kier molecular flexibility index (Phi) is 4.73. The van der Waals surface area contributed by atoms with Gasteiger partial charge >= 0.3 is 11.8 Å². The van der Waals surface area contributed by atoms with E-state index in [0.717, 1.165) is 19.3 Å². The predicted octanol–water partition coefficient (Wildman–Crippen LogP) is -0.162. The first-order valence-corrected chi connectivity index (χ1v) is 5.75. The fourth-order valence-corrected chi connectivity index (χ4v) is 1.73. The van der Waals surface area contributed by atoms with Gasteiger partial charge in [0.25, 0.3) is 0 Å². The van der Waals surface area contributed by atoms with E-state index in [-0.39, 0.29) is 6.10 Å². The van der Waals surface area contributed by atoms with Gasteiger partial charge in [-0.2, -0.15) is 0 Å². The van der Waals surface area contributed by atoms with Crippen molar-refractivity contribution < 1.29 is 14.7 Å². The molecule has 1 saturated heterocycles. The number of carbonyl (C=O) groups excluding carboxylic acids is 2. The average Bonchev–Trinajstić information content (AvgIpc) is 2.23. The first-order chi connectivity index (χ1) is 7.52. The van der Waals surface area contributed by atoms with E-state index in [9.17, 15) is 9.59 Å². The molecule has 5 heteroatoms. The van der Waals surface area contributed by atoms with Gasteiger partial charge in [-0.25, -0.2) is 0 Å². The SMILES string of the molecule is CC(O)CCCCN1CCN(C)C(=O)C1=O. The molecule has 0 aromatic rings. The third-order valence-electron chi connectivity index (χ3n) is 2.82. The van der Waals surface area contributed by atoms with Gasteiger partial charge in [0.1, 0.15) is 0 Å². The number of nitrogens with zero attached hydrogens (tertiary/aromatic N) is 2. The zero-order chi connectivity index (χ0) is 12.1. The highest BCUT2D eigenvalue weighted by molar-refractivity contribution is 6.35. The molecule has 0 saturated carbocycles. The van der Waals surface area contributed by atoms with Crippen LogP contribution in [-0.2, 0) is 9.59 Å². The molecule has 0 radical (unpaired) electrons. The molecule has 1 unspecified atom stereocenters. The van der Waals surface area contributed by atoms with E-state index in [2.05, 4.69) is 0 Å². The summed E-state index contributed by atoms with van der Waals surface area (Å²) in [7, 11) is 1.64. The van der Waals surface area contributed by atoms with Crippen molar-refractivity contribution in [2.75, 3.05) is 26.7 Å². The van der Waals surface area contributed by atoms with Crippen molar-refractivity contribution in [3.05, 3.63) is 0 Å². The normalized spacial score (nSPS) is 19.2. The molecule has 0 aromatic heterocycles. The lowest BCUT2D eigenvalue weighted by Gasteiger charge is -2.31. The van der Waals surface area contributed by atoms with E-state index in [1.165, 1.54) is 4.90 Å². The van der Waals surface area contributed by atoms with Gasteiger partial charge in [-0.1, -0.05) is 0 Å². The van der Waals surface area contributed by atoms with Crippen molar-refractivity contribution in [1.29, 1.82) is 0 Å². The zero-order valence-corrected chi connectivity index (χ0v) is 9.98. The van der Waals surface area contributed by atoms with Crippen LogP contribution in [0.2, 0.25) is 0 Å². The Morgan fingerprint density at radius 2 is 1.94 bits per heavy atom. The number of piperazine rings is 1. The summed E-state index contributed by atoms with van der Waals surface area (Å²) in [5.41, 5.74) is 0. The minimum atomic E-state index is -0.415. The lowest BCUT2D eigenvalue weighted by Crippen LogP contribution is -2.52. The van der Waals surface area contributed by atoms with Gasteiger partial charge in [-0.3, -0.25) is 9.59 Å². The fraction of sp³-hybridized carbons (Fsp3) is 0.818. The molecule has 0 aromatic carbocycles. The number of rotatable bonds is 5. The van der Waals surface area contributed by atoms with Crippen molar-refractivity contribution in [2.24, 2.45) is 0 Å². The maximum Gasteiger partial charge on any atom is 0.312 e. The molecular formula is C11H20N2O3. The van der Waals surface area contributed by atoms with Gasteiger partial charge in [-0.05, 0) is 26.2 Å². The highest BCUT2D eigenvalue weighted by Crippen LogP contribution is 2.06. The third-order valence-corrected chi connectivity index (χ3v) is 2.82. The number of unbranched alkanes of at least 4 members (excludes halogenated alkanes) is 1. The third kappa shape index (κ3) is 3.48. The zero-order valence-electron chi connectivity index (χ0n) is 9.98. The Hall–Kier alpha value is -1.10. The Labute approximate surface area is 96.0 Å². The van der Waals surface area contributed by atoms with Gasteiger partial charge in [-0.15, -0.1) is 0 Å². The smallest absolute Gasteiger partial charge is 0.312 e. The molecule has 1 N–H and O–H groups in total. The molecule has 1 aliphatic heterocycles. The minimum Gasteiger partial charge on any atom is -0.393 e. The van der Waals surface area contributed by atoms with E-state index in [1.54, 1.807) is 18.9 Å². The van der Waals surface area contributed by atoms with Gasteiger partial charge in [0.15, 0.2) is 0 Å². The van der Waals surface area contributed by atoms with Crippen molar-refractivity contribution in [3.63, 3.8) is 0 Å². The molecule has 16 heavy (non-hydrogen) atoms. The summed E-state index contributed by atoms with van der Waals surface area (Å²) >= 11 is 0. The van der Waals surface area contributed by atoms with E-state index >= 15 is 0 Å². The summed E-state index contributed by atoms with van der Waals surface area (Å²) in [6.45, 7) is 3.60. The maximum atomic E-state index is 11.5. The Bertz CT molecular complexity index is 266. The van der Waals surface area contributed by atoms with Crippen LogP contribution >= 0.6 is 0 Å². The second-order valence-corrected chi connectivity index (χ2v) is 4.36. The molecule has 0 bridgehead atoms. The highest BCUT2D eigenvalue weighted by Gasteiger charge is 2.29. The molecule has 2 amide bonds. The van der Waals surface area contributed by atoms with Crippen LogP contribution in [0.25, 0.3) is 0 Å². The standard InChI is InChI=1S/C11H20N2O3/c1-9(14)5-3-4-6-13-8-7-12(2)10(15)11(13)16/h9,14H,3-8H2,1-2H3. The molecule has 1 atom stereocenters. The molecule has 5 nitrogen and oxygen atoms in total. The van der Waals surface area contributed by atoms with E-state index < -0.39 is 11.8 Å². The lowest BCUT2D eigenvalue weighted by atomic mass is 10.1. The first-order valence-electron chi connectivity index (χ1n) is 5.75. The fourth-order valence-electron chi connectivity index (χ4n) is 1.73. The second-order valence-electron chi connectivity index (χ2n) is 4.36. The van der Waals surface area contributed by atoms with E-state index in [0.29, 0.717) is 19.6 Å². The van der Waals surface area contributed by atoms with Crippen LogP contribution in [0.4, 0.5) is 0 Å². The quantitative estimate of drug-likeness (QED) is 0.525. The summed E-state index contributed by atoms with van der Waals surface area (Å²) < 4.78 is 0. The van der Waals surface area contributed by atoms with Crippen molar-refractivity contribution in [2.45, 2.75) is 32.3 Å². The maximum absolute atomic E-state index is 11.5. The Morgan fingerprint density at radius 1 is 1.25 bits per heavy atom. The molecular weight excluding hydrogens is 208 g/mol. The van der Waals surface area contributed by atoms with Gasteiger partial charge in [0.05, 0.1) is 6.10 Å². The first kappa shape index (κ1) is 13.0. The molecule has 1 heterocycles. The lowest BCUT2D eigenvalue weighted by molar-refractivity contribution is -0.154. The number of aliphatic hydroxyl groups excluding tert-OH is 1. The summed E-state index contributed by atoms with van der Waals surface area (Å²) in [5.74, 6) is -0.812. The highest BCUT2D eigenvalue weighted by atomic mass is 16.3. The van der Waals surface area contributed by atoms with Crippen molar-refractivity contribution in [3.8, 4) is 0 Å². The van der Waals surface area contributed by atoms with Crippen LogP contribution in [0.3, 0.4) is 0 Å². The van der Waals surface area contributed by atoms with Crippen LogP contribution in [-0.4, -0.2) is 59.5 Å². The summed E-state index contributed by atoms with van der Waals surface area (Å²) in [4.78, 5) is 26.0. The number of hydrogen-bond acceptors (Lipinski definition) is 3. The van der Waals surface area contributed by atoms with Crippen LogP contribution < -0.4 is 0 Å². The van der Waals surface area contributed by atoms with Gasteiger partial charge in [0, 0.05) is 26.7 Å². The van der Waals surface area contributed by atoms with Gasteiger partial charge in [0.2, 0.25) is 0 Å². The topological polar surface area (TPSA) is 60.9 Å². The summed E-state index contributed by atoms with van der Waals surface area (Å²) in [5, 5.41) is 9.08.